The Hall–Kier alpha value is -4.02. The normalized spacial score (nSPS) is 10.6. The van der Waals surface area contributed by atoms with Crippen LogP contribution >= 0.6 is 11.6 Å². The molecule has 0 spiro atoms. The van der Waals surface area contributed by atoms with E-state index in [1.807, 2.05) is 19.9 Å². The third kappa shape index (κ3) is 7.49. The van der Waals surface area contributed by atoms with Gasteiger partial charge in [0, 0.05) is 5.56 Å². The van der Waals surface area contributed by atoms with Crippen LogP contribution in [-0.2, 0) is 6.61 Å². The second-order valence-electron chi connectivity index (χ2n) is 7.44. The third-order valence-corrected chi connectivity index (χ3v) is 5.02. The van der Waals surface area contributed by atoms with E-state index in [1.54, 1.807) is 54.6 Å². The van der Waals surface area contributed by atoms with Crippen molar-refractivity contribution in [3.63, 3.8) is 0 Å². The van der Waals surface area contributed by atoms with Crippen LogP contribution in [0, 0.1) is 11.3 Å². The van der Waals surface area contributed by atoms with Crippen molar-refractivity contribution in [3.05, 3.63) is 87.9 Å². The van der Waals surface area contributed by atoms with Crippen molar-refractivity contribution in [2.75, 3.05) is 13.2 Å². The van der Waals surface area contributed by atoms with Gasteiger partial charge in [-0.15, -0.1) is 0 Å². The van der Waals surface area contributed by atoms with Crippen LogP contribution < -0.4 is 19.6 Å². The minimum Gasteiger partial charge on any atom is -0.494 e. The standard InChI is InChI=1S/C27H26ClN3O4/c1-3-12-34-23-10-8-22(9-11-23)27(32)31-30-17-21-14-24(28)26(25(15-21)33-4-2)35-18-20-7-5-6-19(13-20)16-29/h5-11,13-15,17H,3-4,12,18H2,1-2H3,(H,31,32)/b30-17+. The molecule has 1 amide bonds. The zero-order chi connectivity index (χ0) is 25.0. The number of nitrogens with zero attached hydrogens (tertiary/aromatic N) is 2. The van der Waals surface area contributed by atoms with Crippen LogP contribution in [0.4, 0.5) is 0 Å². The summed E-state index contributed by atoms with van der Waals surface area (Å²) in [5, 5.41) is 13.4. The lowest BCUT2D eigenvalue weighted by Gasteiger charge is -2.14. The first kappa shape index (κ1) is 25.6. The van der Waals surface area contributed by atoms with Crippen LogP contribution in [0.3, 0.4) is 0 Å². The number of hydrogen-bond donors (Lipinski definition) is 1. The van der Waals surface area contributed by atoms with Crippen LogP contribution in [0.1, 0.15) is 47.3 Å². The highest BCUT2D eigenvalue weighted by Crippen LogP contribution is 2.37. The van der Waals surface area contributed by atoms with Crippen LogP contribution in [0.15, 0.2) is 65.8 Å². The van der Waals surface area contributed by atoms with Crippen LogP contribution in [-0.4, -0.2) is 25.3 Å². The van der Waals surface area contributed by atoms with Gasteiger partial charge in [0.2, 0.25) is 0 Å². The van der Waals surface area contributed by atoms with Crippen molar-refractivity contribution in [2.45, 2.75) is 26.9 Å². The van der Waals surface area contributed by atoms with Crippen molar-refractivity contribution in [1.82, 2.24) is 5.43 Å². The number of ether oxygens (including phenoxy) is 3. The molecule has 1 N–H and O–H groups in total. The van der Waals surface area contributed by atoms with E-state index < -0.39 is 0 Å². The number of carbonyl (C=O) groups is 1. The molecule has 0 aliphatic rings. The number of rotatable bonds is 11. The molecule has 0 fully saturated rings. The van der Waals surface area contributed by atoms with E-state index in [4.69, 9.17) is 31.1 Å². The van der Waals surface area contributed by atoms with Gasteiger partial charge in [-0.1, -0.05) is 30.7 Å². The molecule has 0 saturated heterocycles. The van der Waals surface area contributed by atoms with E-state index >= 15 is 0 Å². The minimum atomic E-state index is -0.348. The second kappa shape index (κ2) is 13.0. The summed E-state index contributed by atoms with van der Waals surface area (Å²) < 4.78 is 17.1. The van der Waals surface area contributed by atoms with Gasteiger partial charge in [0.15, 0.2) is 11.5 Å². The van der Waals surface area contributed by atoms with E-state index in [0.717, 1.165) is 12.0 Å². The molecule has 180 valence electrons. The van der Waals surface area contributed by atoms with Crippen LogP contribution in [0.25, 0.3) is 0 Å². The predicted molar refractivity (Wildman–Crippen MR) is 135 cm³/mol. The van der Waals surface area contributed by atoms with Crippen molar-refractivity contribution < 1.29 is 19.0 Å². The molecule has 0 atom stereocenters. The highest BCUT2D eigenvalue weighted by Gasteiger charge is 2.13. The number of nitrogens with one attached hydrogen (secondary N) is 1. The Kier molecular flexibility index (Phi) is 9.52. The van der Waals surface area contributed by atoms with Gasteiger partial charge < -0.3 is 14.2 Å². The summed E-state index contributed by atoms with van der Waals surface area (Å²) in [4.78, 5) is 12.4. The average Bonchev–Trinajstić information content (AvgIpc) is 2.87. The highest BCUT2D eigenvalue weighted by atomic mass is 35.5. The van der Waals surface area contributed by atoms with Gasteiger partial charge >= 0.3 is 0 Å². The van der Waals surface area contributed by atoms with Gasteiger partial charge in [0.25, 0.3) is 5.91 Å². The zero-order valence-electron chi connectivity index (χ0n) is 19.6. The first-order chi connectivity index (χ1) is 17.0. The van der Waals surface area contributed by atoms with Gasteiger partial charge in [-0.25, -0.2) is 5.43 Å². The number of hydrogen-bond acceptors (Lipinski definition) is 6. The minimum absolute atomic E-state index is 0.223. The smallest absolute Gasteiger partial charge is 0.271 e. The molecule has 0 unspecified atom stereocenters. The maximum Gasteiger partial charge on any atom is 0.271 e. The van der Waals surface area contributed by atoms with Gasteiger partial charge in [0.05, 0.1) is 36.1 Å². The molecule has 0 aromatic heterocycles. The Balaban J connectivity index is 1.67. The molecule has 0 aliphatic heterocycles. The summed E-state index contributed by atoms with van der Waals surface area (Å²) in [5.41, 5.74) is 4.97. The number of nitriles is 1. The quantitative estimate of drug-likeness (QED) is 0.272. The van der Waals surface area contributed by atoms with Crippen LogP contribution in [0.5, 0.6) is 17.2 Å². The largest absolute Gasteiger partial charge is 0.494 e. The van der Waals surface area contributed by atoms with E-state index in [-0.39, 0.29) is 12.5 Å². The highest BCUT2D eigenvalue weighted by molar-refractivity contribution is 6.32. The van der Waals surface area contributed by atoms with Gasteiger partial charge in [-0.2, -0.15) is 10.4 Å². The molecular formula is C27H26ClN3O4. The van der Waals surface area contributed by atoms with Crippen molar-refractivity contribution in [3.8, 4) is 23.3 Å². The zero-order valence-corrected chi connectivity index (χ0v) is 20.3. The molecule has 3 rings (SSSR count). The maximum absolute atomic E-state index is 12.4. The molecule has 0 saturated carbocycles. The Morgan fingerprint density at radius 2 is 1.89 bits per heavy atom. The van der Waals surface area contributed by atoms with Gasteiger partial charge in [-0.3, -0.25) is 4.79 Å². The number of amides is 1. The first-order valence-electron chi connectivity index (χ1n) is 11.2. The topological polar surface area (TPSA) is 92.9 Å². The fourth-order valence-corrected chi connectivity index (χ4v) is 3.38. The molecule has 7 nitrogen and oxygen atoms in total. The summed E-state index contributed by atoms with van der Waals surface area (Å²) >= 11 is 6.47. The number of halogens is 1. The fourth-order valence-electron chi connectivity index (χ4n) is 3.10. The van der Waals surface area contributed by atoms with E-state index in [9.17, 15) is 4.79 Å². The van der Waals surface area contributed by atoms with Crippen molar-refractivity contribution >= 4 is 23.7 Å². The van der Waals surface area contributed by atoms with Gasteiger partial charge in [-0.05, 0) is 73.0 Å². The Labute approximate surface area is 209 Å². The molecule has 0 bridgehead atoms. The molecular weight excluding hydrogens is 466 g/mol. The Morgan fingerprint density at radius 3 is 2.60 bits per heavy atom. The lowest BCUT2D eigenvalue weighted by molar-refractivity contribution is 0.0955. The molecule has 3 aromatic rings. The maximum atomic E-state index is 12.4. The number of hydrazone groups is 1. The van der Waals surface area contributed by atoms with Crippen molar-refractivity contribution in [1.29, 1.82) is 5.26 Å². The second-order valence-corrected chi connectivity index (χ2v) is 7.84. The van der Waals surface area contributed by atoms with Crippen LogP contribution in [0.2, 0.25) is 5.02 Å². The number of carbonyl (C=O) groups excluding carboxylic acids is 1. The number of benzene rings is 3. The summed E-state index contributed by atoms with van der Waals surface area (Å²) in [7, 11) is 0. The molecule has 0 radical (unpaired) electrons. The molecule has 0 heterocycles. The van der Waals surface area contributed by atoms with E-state index in [0.29, 0.717) is 52.2 Å². The van der Waals surface area contributed by atoms with E-state index in [2.05, 4.69) is 16.6 Å². The monoisotopic (exact) mass is 491 g/mol. The summed E-state index contributed by atoms with van der Waals surface area (Å²) in [6, 6.07) is 19.5. The summed E-state index contributed by atoms with van der Waals surface area (Å²) in [6.07, 6.45) is 2.39. The molecule has 0 aliphatic carbocycles. The van der Waals surface area contributed by atoms with E-state index in [1.165, 1.54) is 6.21 Å². The van der Waals surface area contributed by atoms with Crippen molar-refractivity contribution in [2.24, 2.45) is 5.10 Å². The predicted octanol–water partition coefficient (Wildman–Crippen LogP) is 5.74. The molecule has 3 aromatic carbocycles. The molecule has 8 heteroatoms. The average molecular weight is 492 g/mol. The Bertz CT molecular complexity index is 1220. The third-order valence-electron chi connectivity index (χ3n) is 4.74. The summed E-state index contributed by atoms with van der Waals surface area (Å²) in [5.74, 6) is 1.21. The lowest BCUT2D eigenvalue weighted by atomic mass is 10.1. The fraction of sp³-hybridized carbons (Fsp3) is 0.222. The SMILES string of the molecule is CCCOc1ccc(C(=O)N/N=C/c2cc(Cl)c(OCc3cccc(C#N)c3)c(OCC)c2)cc1. The summed E-state index contributed by atoms with van der Waals surface area (Å²) in [6.45, 7) is 5.14. The van der Waals surface area contributed by atoms with Gasteiger partial charge in [0.1, 0.15) is 12.4 Å². The Morgan fingerprint density at radius 1 is 1.09 bits per heavy atom. The molecule has 35 heavy (non-hydrogen) atoms. The lowest BCUT2D eigenvalue weighted by Crippen LogP contribution is -2.17. The first-order valence-corrected chi connectivity index (χ1v) is 11.6.